The van der Waals surface area contributed by atoms with Gasteiger partial charge in [0.1, 0.15) is 0 Å². The van der Waals surface area contributed by atoms with Gasteiger partial charge in [-0.25, -0.2) is 0 Å². The Kier molecular flexibility index (Phi) is 32.6. The van der Waals surface area contributed by atoms with Gasteiger partial charge in [0.15, 0.2) is 0 Å². The van der Waals surface area contributed by atoms with Gasteiger partial charge < -0.3 is 23.7 Å². The van der Waals surface area contributed by atoms with E-state index in [0.29, 0.717) is 52.9 Å². The largest absolute Gasteiger partial charge is 0.379 e. The van der Waals surface area contributed by atoms with Crippen LogP contribution in [0.2, 0.25) is 0 Å². The van der Waals surface area contributed by atoms with Crippen molar-refractivity contribution in [2.45, 2.75) is 123 Å². The lowest BCUT2D eigenvalue weighted by molar-refractivity contribution is -0.0114. The van der Waals surface area contributed by atoms with Crippen LogP contribution in [0.15, 0.2) is 0 Å². The third kappa shape index (κ3) is 31.8. The summed E-state index contributed by atoms with van der Waals surface area (Å²) in [5, 5.41) is 0. The molecule has 34 heavy (non-hydrogen) atoms. The highest BCUT2D eigenvalue weighted by Crippen LogP contribution is 2.12. The molecule has 0 atom stereocenters. The lowest BCUT2D eigenvalue weighted by atomic mass is 10.0. The summed E-state index contributed by atoms with van der Waals surface area (Å²) in [5.41, 5.74) is 0. The van der Waals surface area contributed by atoms with Gasteiger partial charge in [0.05, 0.1) is 52.9 Å². The Morgan fingerprint density at radius 3 is 0.735 bits per heavy atom. The molecule has 0 unspecified atom stereocenters. The van der Waals surface area contributed by atoms with Crippen molar-refractivity contribution in [1.29, 1.82) is 0 Å². The summed E-state index contributed by atoms with van der Waals surface area (Å²) in [6.45, 7) is 11.3. The van der Waals surface area contributed by atoms with Gasteiger partial charge in [-0.3, -0.25) is 0 Å². The van der Waals surface area contributed by atoms with E-state index in [1.54, 1.807) is 0 Å². The Morgan fingerprint density at radius 2 is 0.441 bits per heavy atom. The van der Waals surface area contributed by atoms with E-state index in [2.05, 4.69) is 13.8 Å². The smallest absolute Gasteiger partial charge is 0.0701 e. The monoisotopic (exact) mass is 488 g/mol. The maximum Gasteiger partial charge on any atom is 0.0701 e. The Hall–Kier alpha value is -0.200. The standard InChI is InChI=1S/C29H60O5/c1-3-5-7-9-10-11-12-13-14-15-16-17-19-21-31-23-25-33-27-29-34-28-26-32-24-22-30-20-18-8-6-4-2/h3-29H2,1-2H3. The van der Waals surface area contributed by atoms with E-state index in [1.165, 1.54) is 103 Å². The second-order valence-corrected chi connectivity index (χ2v) is 9.37. The highest BCUT2D eigenvalue weighted by atomic mass is 16.6. The summed E-state index contributed by atoms with van der Waals surface area (Å²) in [5.74, 6) is 0. The third-order valence-corrected chi connectivity index (χ3v) is 6.02. The number of unbranched alkanes of at least 4 members (excludes halogenated alkanes) is 15. The molecule has 206 valence electrons. The van der Waals surface area contributed by atoms with Gasteiger partial charge in [-0.15, -0.1) is 0 Å². The number of hydrogen-bond acceptors (Lipinski definition) is 5. The van der Waals surface area contributed by atoms with Crippen molar-refractivity contribution in [3.63, 3.8) is 0 Å². The van der Waals surface area contributed by atoms with E-state index in [4.69, 9.17) is 23.7 Å². The molecule has 0 fully saturated rings. The zero-order chi connectivity index (χ0) is 24.6. The highest BCUT2D eigenvalue weighted by Gasteiger charge is 1.96. The van der Waals surface area contributed by atoms with E-state index >= 15 is 0 Å². The van der Waals surface area contributed by atoms with Crippen LogP contribution in [0, 0.1) is 0 Å². The lowest BCUT2D eigenvalue weighted by Gasteiger charge is -2.08. The normalized spacial score (nSPS) is 11.5. The number of ether oxygens (including phenoxy) is 5. The molecule has 0 aromatic carbocycles. The molecule has 5 nitrogen and oxygen atoms in total. The highest BCUT2D eigenvalue weighted by molar-refractivity contribution is 4.49. The van der Waals surface area contributed by atoms with Crippen molar-refractivity contribution in [3.8, 4) is 0 Å². The van der Waals surface area contributed by atoms with Crippen LogP contribution in [0.1, 0.15) is 123 Å². The molecule has 0 spiro atoms. The predicted molar refractivity (Wildman–Crippen MR) is 144 cm³/mol. The van der Waals surface area contributed by atoms with Crippen molar-refractivity contribution in [2.75, 3.05) is 66.1 Å². The first-order valence-electron chi connectivity index (χ1n) is 14.8. The van der Waals surface area contributed by atoms with Gasteiger partial charge in [0, 0.05) is 13.2 Å². The molecule has 0 aliphatic carbocycles. The predicted octanol–water partition coefficient (Wildman–Crippen LogP) is 7.74. The van der Waals surface area contributed by atoms with E-state index in [-0.39, 0.29) is 0 Å². The number of hydrogen-bond donors (Lipinski definition) is 0. The summed E-state index contributed by atoms with van der Waals surface area (Å²) in [6, 6.07) is 0. The summed E-state index contributed by atoms with van der Waals surface area (Å²) in [6.07, 6.45) is 23.0. The molecular formula is C29H60O5. The molecule has 0 rings (SSSR count). The van der Waals surface area contributed by atoms with Crippen LogP contribution in [-0.4, -0.2) is 66.1 Å². The molecule has 0 aromatic heterocycles. The molecule has 0 aromatic rings. The Balaban J connectivity index is 2.99. The van der Waals surface area contributed by atoms with E-state index < -0.39 is 0 Å². The lowest BCUT2D eigenvalue weighted by Crippen LogP contribution is -2.13. The molecule has 0 N–H and O–H groups in total. The van der Waals surface area contributed by atoms with Crippen molar-refractivity contribution < 1.29 is 23.7 Å². The van der Waals surface area contributed by atoms with Gasteiger partial charge in [-0.2, -0.15) is 0 Å². The zero-order valence-corrected chi connectivity index (χ0v) is 23.1. The van der Waals surface area contributed by atoms with Crippen molar-refractivity contribution in [2.24, 2.45) is 0 Å². The fourth-order valence-corrected chi connectivity index (χ4v) is 3.83. The third-order valence-electron chi connectivity index (χ3n) is 6.02. The van der Waals surface area contributed by atoms with Gasteiger partial charge >= 0.3 is 0 Å². The maximum atomic E-state index is 5.66. The molecule has 0 aliphatic rings. The molecule has 0 aliphatic heterocycles. The Labute approximate surface area is 213 Å². The quantitative estimate of drug-likeness (QED) is 0.0934. The topological polar surface area (TPSA) is 46.2 Å². The first-order chi connectivity index (χ1) is 16.9. The first-order valence-corrected chi connectivity index (χ1v) is 14.8. The maximum absolute atomic E-state index is 5.66. The fraction of sp³-hybridized carbons (Fsp3) is 1.00. The average molecular weight is 489 g/mol. The Bertz CT molecular complexity index is 308. The molecule has 0 saturated heterocycles. The van der Waals surface area contributed by atoms with Gasteiger partial charge in [0.25, 0.3) is 0 Å². The van der Waals surface area contributed by atoms with Crippen molar-refractivity contribution in [1.82, 2.24) is 0 Å². The SMILES string of the molecule is CCCCCCCCCCCCCCCOCCOCCOCCOCCOCCCCCC. The zero-order valence-electron chi connectivity index (χ0n) is 23.1. The molecule has 0 saturated carbocycles. The van der Waals surface area contributed by atoms with Gasteiger partial charge in [-0.05, 0) is 12.8 Å². The van der Waals surface area contributed by atoms with Crippen LogP contribution < -0.4 is 0 Å². The molecule has 0 heterocycles. The summed E-state index contributed by atoms with van der Waals surface area (Å²) < 4.78 is 27.7. The van der Waals surface area contributed by atoms with Crippen molar-refractivity contribution in [3.05, 3.63) is 0 Å². The second kappa shape index (κ2) is 32.8. The summed E-state index contributed by atoms with van der Waals surface area (Å²) in [4.78, 5) is 0. The van der Waals surface area contributed by atoms with Crippen LogP contribution in [0.25, 0.3) is 0 Å². The molecule has 0 bridgehead atoms. The van der Waals surface area contributed by atoms with Crippen LogP contribution in [0.5, 0.6) is 0 Å². The Morgan fingerprint density at radius 1 is 0.235 bits per heavy atom. The van der Waals surface area contributed by atoms with Crippen LogP contribution in [-0.2, 0) is 23.7 Å². The van der Waals surface area contributed by atoms with Gasteiger partial charge in [0.2, 0.25) is 0 Å². The molecule has 0 amide bonds. The average Bonchev–Trinajstić information content (AvgIpc) is 2.85. The van der Waals surface area contributed by atoms with Crippen LogP contribution in [0.3, 0.4) is 0 Å². The minimum atomic E-state index is 0.607. The molecule has 0 radical (unpaired) electrons. The van der Waals surface area contributed by atoms with Crippen LogP contribution >= 0.6 is 0 Å². The van der Waals surface area contributed by atoms with E-state index in [1.807, 2.05) is 0 Å². The summed E-state index contributed by atoms with van der Waals surface area (Å²) >= 11 is 0. The number of rotatable bonds is 31. The summed E-state index contributed by atoms with van der Waals surface area (Å²) in [7, 11) is 0. The second-order valence-electron chi connectivity index (χ2n) is 9.37. The molecule has 5 heteroatoms. The van der Waals surface area contributed by atoms with E-state index in [0.717, 1.165) is 19.6 Å². The van der Waals surface area contributed by atoms with Crippen LogP contribution in [0.4, 0.5) is 0 Å². The van der Waals surface area contributed by atoms with E-state index in [9.17, 15) is 0 Å². The minimum absolute atomic E-state index is 0.607. The fourth-order valence-electron chi connectivity index (χ4n) is 3.83. The van der Waals surface area contributed by atoms with Gasteiger partial charge in [-0.1, -0.05) is 110 Å². The minimum Gasteiger partial charge on any atom is -0.379 e. The van der Waals surface area contributed by atoms with Crippen molar-refractivity contribution >= 4 is 0 Å². The molecular weight excluding hydrogens is 428 g/mol. The first kappa shape index (κ1) is 33.8.